The average Bonchev–Trinajstić information content (AvgIpc) is 3.10. The molecule has 0 unspecified atom stereocenters. The molecule has 0 aromatic rings. The van der Waals surface area contributed by atoms with Crippen molar-refractivity contribution < 1.29 is 15.0 Å². The summed E-state index contributed by atoms with van der Waals surface area (Å²) in [5, 5.41) is 20.2. The molecule has 1 saturated carbocycles. The van der Waals surface area contributed by atoms with Gasteiger partial charge in [-0.3, -0.25) is 4.79 Å². The molecule has 234 valence electrons. The van der Waals surface area contributed by atoms with Crippen LogP contribution >= 0.6 is 0 Å². The van der Waals surface area contributed by atoms with Gasteiger partial charge in [0.25, 0.3) is 0 Å². The monoisotopic (exact) mass is 584 g/mol. The predicted molar refractivity (Wildman–Crippen MR) is 185 cm³/mol. The molecule has 0 saturated heterocycles. The van der Waals surface area contributed by atoms with E-state index in [9.17, 15) is 15.0 Å². The number of rotatable bonds is 11. The summed E-state index contributed by atoms with van der Waals surface area (Å²) in [6.45, 7) is 20.9. The zero-order chi connectivity index (χ0) is 32.4. The molecule has 2 aliphatic rings. The molecule has 0 amide bonds. The Labute approximate surface area is 262 Å². The highest BCUT2D eigenvalue weighted by atomic mass is 16.3. The molecule has 43 heavy (non-hydrogen) atoms. The molecule has 3 heteroatoms. The van der Waals surface area contributed by atoms with Crippen LogP contribution in [0.3, 0.4) is 0 Å². The third-order valence-corrected chi connectivity index (χ3v) is 9.18. The summed E-state index contributed by atoms with van der Waals surface area (Å²) in [7, 11) is 0. The van der Waals surface area contributed by atoms with E-state index in [2.05, 4.69) is 97.9 Å². The molecule has 0 bridgehead atoms. The van der Waals surface area contributed by atoms with E-state index in [1.54, 1.807) is 6.08 Å². The standard InChI is InChI=1S/C40H56O3/c1-29(17-13-19-31(3)21-23-36-33(5)25-34(41)26-38(36,6)7)15-11-12-16-30(2)18-14-20-32(4)22-24-37(43)40(10)28-35(42)27-39(40,8)9/h11-24,34-35,41-42H,25-28H2,1-10H3/b12-11+,17-13+,18-14+,23-21+,24-22+,29-15+,30-16+,31-19+,32-20+/t34-,35+,40-/m0/s1. The zero-order valence-corrected chi connectivity index (χ0v) is 28.4. The van der Waals surface area contributed by atoms with Gasteiger partial charge in [0, 0.05) is 5.41 Å². The van der Waals surface area contributed by atoms with Gasteiger partial charge < -0.3 is 10.2 Å². The second-order valence-corrected chi connectivity index (χ2v) is 14.2. The minimum absolute atomic E-state index is 0.00528. The Morgan fingerprint density at radius 1 is 0.651 bits per heavy atom. The van der Waals surface area contributed by atoms with Crippen molar-refractivity contribution in [2.24, 2.45) is 16.2 Å². The number of carbonyl (C=O) groups excluding carboxylic acids is 1. The fraction of sp³-hybridized carbons (Fsp3) is 0.475. The first-order chi connectivity index (χ1) is 20.0. The van der Waals surface area contributed by atoms with Gasteiger partial charge in [0.15, 0.2) is 5.78 Å². The fourth-order valence-electron chi connectivity index (χ4n) is 6.19. The summed E-state index contributed by atoms with van der Waals surface area (Å²) >= 11 is 0. The second-order valence-electron chi connectivity index (χ2n) is 14.2. The molecule has 1 fully saturated rings. The topological polar surface area (TPSA) is 57.5 Å². The number of ketones is 1. The van der Waals surface area contributed by atoms with Crippen molar-refractivity contribution >= 4 is 5.78 Å². The van der Waals surface area contributed by atoms with E-state index < -0.39 is 11.5 Å². The van der Waals surface area contributed by atoms with Crippen LogP contribution in [-0.2, 0) is 4.79 Å². The Hall–Kier alpha value is -3.01. The van der Waals surface area contributed by atoms with Crippen LogP contribution in [0.4, 0.5) is 0 Å². The number of aliphatic hydroxyl groups is 2. The highest BCUT2D eigenvalue weighted by Crippen LogP contribution is 2.53. The van der Waals surface area contributed by atoms with Gasteiger partial charge in [-0.25, -0.2) is 0 Å². The van der Waals surface area contributed by atoms with Crippen LogP contribution in [0.5, 0.6) is 0 Å². The maximum atomic E-state index is 12.9. The molecule has 3 nitrogen and oxygen atoms in total. The lowest BCUT2D eigenvalue weighted by atomic mass is 9.66. The average molecular weight is 585 g/mol. The van der Waals surface area contributed by atoms with Crippen LogP contribution in [0.25, 0.3) is 0 Å². The summed E-state index contributed by atoms with van der Waals surface area (Å²) in [6.07, 6.45) is 30.6. The Balaban J connectivity index is 1.89. The van der Waals surface area contributed by atoms with Crippen LogP contribution in [0, 0.1) is 16.2 Å². The third-order valence-electron chi connectivity index (χ3n) is 9.18. The Kier molecular flexibility index (Phi) is 13.2. The van der Waals surface area contributed by atoms with Crippen LogP contribution in [0.2, 0.25) is 0 Å². The number of carbonyl (C=O) groups is 1. The van der Waals surface area contributed by atoms with E-state index in [0.29, 0.717) is 12.8 Å². The van der Waals surface area contributed by atoms with Crippen LogP contribution in [-0.4, -0.2) is 28.2 Å². The molecular formula is C40H56O3. The first kappa shape index (κ1) is 36.2. The Morgan fingerprint density at radius 3 is 1.63 bits per heavy atom. The molecule has 0 radical (unpaired) electrons. The molecule has 3 atom stereocenters. The maximum absolute atomic E-state index is 12.9. The molecule has 0 aromatic heterocycles. The second kappa shape index (κ2) is 15.6. The minimum atomic E-state index is -0.532. The predicted octanol–water partition coefficient (Wildman–Crippen LogP) is 9.81. The largest absolute Gasteiger partial charge is 0.393 e. The smallest absolute Gasteiger partial charge is 0.162 e. The summed E-state index contributed by atoms with van der Waals surface area (Å²) in [5.74, 6) is 0.0853. The zero-order valence-electron chi connectivity index (χ0n) is 28.4. The lowest BCUT2D eigenvalue weighted by Gasteiger charge is -2.35. The lowest BCUT2D eigenvalue weighted by Crippen LogP contribution is -2.36. The Bertz CT molecular complexity index is 1310. The molecule has 0 spiro atoms. The number of hydrogen-bond acceptors (Lipinski definition) is 3. The summed E-state index contributed by atoms with van der Waals surface area (Å²) in [4.78, 5) is 12.9. The van der Waals surface area contributed by atoms with Gasteiger partial charge in [0.05, 0.1) is 12.2 Å². The summed E-state index contributed by atoms with van der Waals surface area (Å²) in [5.41, 5.74) is 6.34. The van der Waals surface area contributed by atoms with Gasteiger partial charge in [0.2, 0.25) is 0 Å². The maximum Gasteiger partial charge on any atom is 0.162 e. The van der Waals surface area contributed by atoms with E-state index in [1.165, 1.54) is 16.7 Å². The number of hydrogen-bond donors (Lipinski definition) is 2. The van der Waals surface area contributed by atoms with Crippen molar-refractivity contribution in [1.82, 2.24) is 0 Å². The van der Waals surface area contributed by atoms with Crippen molar-refractivity contribution in [3.63, 3.8) is 0 Å². The van der Waals surface area contributed by atoms with E-state index in [4.69, 9.17) is 0 Å². The molecule has 2 rings (SSSR count). The van der Waals surface area contributed by atoms with E-state index in [-0.39, 0.29) is 22.7 Å². The van der Waals surface area contributed by atoms with Crippen molar-refractivity contribution in [3.05, 3.63) is 119 Å². The molecule has 0 aromatic carbocycles. The van der Waals surface area contributed by atoms with E-state index in [0.717, 1.165) is 29.6 Å². The third kappa shape index (κ3) is 10.9. The molecule has 2 N–H and O–H groups in total. The van der Waals surface area contributed by atoms with Gasteiger partial charge in [-0.1, -0.05) is 141 Å². The van der Waals surface area contributed by atoms with Gasteiger partial charge in [-0.2, -0.15) is 0 Å². The van der Waals surface area contributed by atoms with E-state index in [1.807, 2.05) is 50.3 Å². The van der Waals surface area contributed by atoms with Crippen molar-refractivity contribution in [1.29, 1.82) is 0 Å². The van der Waals surface area contributed by atoms with Crippen molar-refractivity contribution in [2.45, 2.75) is 107 Å². The van der Waals surface area contributed by atoms with Crippen LogP contribution in [0.15, 0.2) is 119 Å². The lowest BCUT2D eigenvalue weighted by molar-refractivity contribution is -0.127. The number of aliphatic hydroxyl groups excluding tert-OH is 2. The first-order valence-corrected chi connectivity index (χ1v) is 15.7. The van der Waals surface area contributed by atoms with Gasteiger partial charge in [0.1, 0.15) is 0 Å². The normalized spacial score (nSPS) is 27.7. The first-order valence-electron chi connectivity index (χ1n) is 15.7. The number of allylic oxidation sites excluding steroid dienone is 19. The molecule has 2 aliphatic carbocycles. The van der Waals surface area contributed by atoms with Crippen LogP contribution in [0.1, 0.15) is 94.9 Å². The molecule has 0 heterocycles. The molecular weight excluding hydrogens is 528 g/mol. The van der Waals surface area contributed by atoms with Crippen molar-refractivity contribution in [3.8, 4) is 0 Å². The summed E-state index contributed by atoms with van der Waals surface area (Å²) < 4.78 is 0. The summed E-state index contributed by atoms with van der Waals surface area (Å²) in [6, 6.07) is 0. The van der Waals surface area contributed by atoms with Gasteiger partial charge in [-0.15, -0.1) is 0 Å². The fourth-order valence-corrected chi connectivity index (χ4v) is 6.19. The van der Waals surface area contributed by atoms with E-state index >= 15 is 0 Å². The highest BCUT2D eigenvalue weighted by molar-refractivity contribution is 5.95. The van der Waals surface area contributed by atoms with Crippen molar-refractivity contribution in [2.75, 3.05) is 0 Å². The Morgan fingerprint density at radius 2 is 1.14 bits per heavy atom. The van der Waals surface area contributed by atoms with Gasteiger partial charge in [-0.05, 0) is 82.8 Å². The van der Waals surface area contributed by atoms with Crippen LogP contribution < -0.4 is 0 Å². The SMILES string of the molecule is CC1=C(/C=C/C(C)=C/C=C/C(C)=C/C=C/C=C(C)/C=C/C=C(C)/C=C/C(=O)[C@]2(C)C[C@H](O)CC2(C)C)C(C)(C)C[C@@H](O)C1. The highest BCUT2D eigenvalue weighted by Gasteiger charge is 2.52. The minimum Gasteiger partial charge on any atom is -0.393 e. The quantitative estimate of drug-likeness (QED) is 0.188. The molecule has 0 aliphatic heterocycles. The van der Waals surface area contributed by atoms with Gasteiger partial charge >= 0.3 is 0 Å².